The standard InChI is InChI=1S/C18H16N2/c1-13-3-6-15(7-4-13)18-11-16(9-10-19-18)17-8-5-14(2)20-12-17/h3-12H,1-2H3. The highest BCUT2D eigenvalue weighted by Gasteiger charge is 2.03. The molecule has 2 aromatic heterocycles. The smallest absolute Gasteiger partial charge is 0.0708 e. The number of benzene rings is 1. The molecule has 0 saturated carbocycles. The molecular weight excluding hydrogens is 244 g/mol. The van der Waals surface area contributed by atoms with Crippen LogP contribution in [0.4, 0.5) is 0 Å². The van der Waals surface area contributed by atoms with E-state index >= 15 is 0 Å². The number of aromatic nitrogens is 2. The van der Waals surface area contributed by atoms with E-state index in [1.165, 1.54) is 5.56 Å². The van der Waals surface area contributed by atoms with Crippen molar-refractivity contribution in [1.29, 1.82) is 0 Å². The molecule has 0 atom stereocenters. The third-order valence-corrected chi connectivity index (χ3v) is 3.35. The van der Waals surface area contributed by atoms with Gasteiger partial charge in [-0.05, 0) is 37.6 Å². The van der Waals surface area contributed by atoms with Crippen molar-refractivity contribution in [2.45, 2.75) is 13.8 Å². The van der Waals surface area contributed by atoms with E-state index in [-0.39, 0.29) is 0 Å². The van der Waals surface area contributed by atoms with Gasteiger partial charge in [-0.25, -0.2) is 0 Å². The molecule has 98 valence electrons. The van der Waals surface area contributed by atoms with Crippen LogP contribution < -0.4 is 0 Å². The van der Waals surface area contributed by atoms with Crippen LogP contribution in [-0.4, -0.2) is 9.97 Å². The third-order valence-electron chi connectivity index (χ3n) is 3.35. The first-order chi connectivity index (χ1) is 9.72. The van der Waals surface area contributed by atoms with Crippen LogP contribution in [0, 0.1) is 13.8 Å². The number of hydrogen-bond donors (Lipinski definition) is 0. The molecule has 0 unspecified atom stereocenters. The van der Waals surface area contributed by atoms with Crippen LogP contribution in [0.15, 0.2) is 60.9 Å². The molecule has 0 N–H and O–H groups in total. The molecule has 2 heterocycles. The van der Waals surface area contributed by atoms with Crippen molar-refractivity contribution in [3.63, 3.8) is 0 Å². The van der Waals surface area contributed by atoms with Gasteiger partial charge >= 0.3 is 0 Å². The van der Waals surface area contributed by atoms with Crippen LogP contribution in [0.1, 0.15) is 11.3 Å². The zero-order valence-corrected chi connectivity index (χ0v) is 11.7. The summed E-state index contributed by atoms with van der Waals surface area (Å²) in [6.07, 6.45) is 3.76. The molecule has 0 aliphatic rings. The van der Waals surface area contributed by atoms with Crippen LogP contribution >= 0.6 is 0 Å². The second-order valence-corrected chi connectivity index (χ2v) is 4.98. The Morgan fingerprint density at radius 3 is 2.15 bits per heavy atom. The summed E-state index contributed by atoms with van der Waals surface area (Å²) in [5, 5.41) is 0. The first-order valence-electron chi connectivity index (χ1n) is 6.68. The molecule has 0 bridgehead atoms. The summed E-state index contributed by atoms with van der Waals surface area (Å²) in [5.41, 5.74) is 6.67. The lowest BCUT2D eigenvalue weighted by atomic mass is 10.0. The molecule has 0 saturated heterocycles. The fraction of sp³-hybridized carbons (Fsp3) is 0.111. The minimum atomic E-state index is 0.989. The maximum absolute atomic E-state index is 4.46. The summed E-state index contributed by atoms with van der Waals surface area (Å²) >= 11 is 0. The summed E-state index contributed by atoms with van der Waals surface area (Å²) in [5.74, 6) is 0. The van der Waals surface area contributed by atoms with Crippen LogP contribution in [0.5, 0.6) is 0 Å². The summed E-state index contributed by atoms with van der Waals surface area (Å²) in [6, 6.07) is 16.7. The fourth-order valence-corrected chi connectivity index (χ4v) is 2.13. The predicted octanol–water partition coefficient (Wildman–Crippen LogP) is 4.43. The van der Waals surface area contributed by atoms with Gasteiger partial charge in [-0.3, -0.25) is 9.97 Å². The van der Waals surface area contributed by atoms with Gasteiger partial charge in [-0.2, -0.15) is 0 Å². The lowest BCUT2D eigenvalue weighted by Crippen LogP contribution is -1.87. The minimum Gasteiger partial charge on any atom is -0.261 e. The highest BCUT2D eigenvalue weighted by Crippen LogP contribution is 2.24. The zero-order chi connectivity index (χ0) is 13.9. The van der Waals surface area contributed by atoms with E-state index in [9.17, 15) is 0 Å². The molecule has 2 heteroatoms. The summed E-state index contributed by atoms with van der Waals surface area (Å²) in [6.45, 7) is 4.08. The molecule has 3 rings (SSSR count). The van der Waals surface area contributed by atoms with E-state index in [1.54, 1.807) is 0 Å². The number of rotatable bonds is 2. The Bertz CT molecular complexity index is 652. The maximum atomic E-state index is 4.46. The van der Waals surface area contributed by atoms with Crippen LogP contribution in [0.25, 0.3) is 22.4 Å². The molecule has 0 aliphatic heterocycles. The first-order valence-corrected chi connectivity index (χ1v) is 6.68. The van der Waals surface area contributed by atoms with Crippen molar-refractivity contribution < 1.29 is 0 Å². The van der Waals surface area contributed by atoms with Gasteiger partial charge in [0.15, 0.2) is 0 Å². The fourth-order valence-electron chi connectivity index (χ4n) is 2.13. The lowest BCUT2D eigenvalue weighted by Gasteiger charge is -2.05. The Morgan fingerprint density at radius 2 is 1.45 bits per heavy atom. The van der Waals surface area contributed by atoms with Gasteiger partial charge in [-0.1, -0.05) is 35.9 Å². The third kappa shape index (κ3) is 2.59. The molecule has 0 spiro atoms. The lowest BCUT2D eigenvalue weighted by molar-refractivity contribution is 1.20. The van der Waals surface area contributed by atoms with Gasteiger partial charge in [0.25, 0.3) is 0 Å². The Labute approximate surface area is 119 Å². The molecule has 1 aromatic carbocycles. The molecule has 0 aliphatic carbocycles. The molecule has 0 radical (unpaired) electrons. The molecule has 0 amide bonds. The second-order valence-electron chi connectivity index (χ2n) is 4.98. The maximum Gasteiger partial charge on any atom is 0.0708 e. The SMILES string of the molecule is Cc1ccc(-c2cc(-c3ccc(C)nc3)ccn2)cc1. The van der Waals surface area contributed by atoms with E-state index in [0.29, 0.717) is 0 Å². The second kappa shape index (κ2) is 5.25. The largest absolute Gasteiger partial charge is 0.261 e. The summed E-state index contributed by atoms with van der Waals surface area (Å²) in [4.78, 5) is 8.81. The van der Waals surface area contributed by atoms with Gasteiger partial charge in [-0.15, -0.1) is 0 Å². The van der Waals surface area contributed by atoms with Crippen molar-refractivity contribution in [2.24, 2.45) is 0 Å². The van der Waals surface area contributed by atoms with Crippen molar-refractivity contribution in [1.82, 2.24) is 9.97 Å². The van der Waals surface area contributed by atoms with Crippen molar-refractivity contribution >= 4 is 0 Å². The Balaban J connectivity index is 2.01. The van der Waals surface area contributed by atoms with Crippen molar-refractivity contribution in [3.05, 3.63) is 72.2 Å². The number of aryl methyl sites for hydroxylation is 2. The summed E-state index contributed by atoms with van der Waals surface area (Å²) in [7, 11) is 0. The highest BCUT2D eigenvalue weighted by atomic mass is 14.7. The zero-order valence-electron chi connectivity index (χ0n) is 11.7. The quantitative estimate of drug-likeness (QED) is 0.681. The Kier molecular flexibility index (Phi) is 3.30. The summed E-state index contributed by atoms with van der Waals surface area (Å²) < 4.78 is 0. The highest BCUT2D eigenvalue weighted by molar-refractivity contribution is 5.69. The molecule has 0 fully saturated rings. The molecule has 2 nitrogen and oxygen atoms in total. The van der Waals surface area contributed by atoms with Crippen LogP contribution in [-0.2, 0) is 0 Å². The van der Waals surface area contributed by atoms with E-state index < -0.39 is 0 Å². The van der Waals surface area contributed by atoms with E-state index in [2.05, 4.69) is 53.3 Å². The van der Waals surface area contributed by atoms with E-state index in [1.807, 2.05) is 31.5 Å². The van der Waals surface area contributed by atoms with Crippen LogP contribution in [0.2, 0.25) is 0 Å². The van der Waals surface area contributed by atoms with E-state index in [0.717, 1.165) is 28.1 Å². The normalized spacial score (nSPS) is 10.5. The Morgan fingerprint density at radius 1 is 0.700 bits per heavy atom. The van der Waals surface area contributed by atoms with Gasteiger partial charge in [0.05, 0.1) is 5.69 Å². The van der Waals surface area contributed by atoms with Gasteiger partial charge in [0, 0.05) is 29.2 Å². The number of hydrogen-bond acceptors (Lipinski definition) is 2. The molecule has 20 heavy (non-hydrogen) atoms. The average Bonchev–Trinajstić information content (AvgIpc) is 2.49. The molecular formula is C18H16N2. The van der Waals surface area contributed by atoms with Gasteiger partial charge < -0.3 is 0 Å². The number of pyridine rings is 2. The topological polar surface area (TPSA) is 25.8 Å². The average molecular weight is 260 g/mol. The Hall–Kier alpha value is -2.48. The molecule has 3 aromatic rings. The van der Waals surface area contributed by atoms with Crippen LogP contribution in [0.3, 0.4) is 0 Å². The minimum absolute atomic E-state index is 0.989. The van der Waals surface area contributed by atoms with Gasteiger partial charge in [0.1, 0.15) is 0 Å². The van der Waals surface area contributed by atoms with Gasteiger partial charge in [0.2, 0.25) is 0 Å². The number of nitrogens with zero attached hydrogens (tertiary/aromatic N) is 2. The first kappa shape index (κ1) is 12.5. The van der Waals surface area contributed by atoms with E-state index in [4.69, 9.17) is 0 Å². The van der Waals surface area contributed by atoms with Crippen molar-refractivity contribution in [2.75, 3.05) is 0 Å². The van der Waals surface area contributed by atoms with Crippen molar-refractivity contribution in [3.8, 4) is 22.4 Å². The predicted molar refractivity (Wildman–Crippen MR) is 82.4 cm³/mol. The monoisotopic (exact) mass is 260 g/mol.